The lowest BCUT2D eigenvalue weighted by Crippen LogP contribution is -2.60. The lowest BCUT2D eigenvalue weighted by molar-refractivity contribution is 0.0628. The molecule has 0 radical (unpaired) electrons. The Bertz CT molecular complexity index is 313. The standard InChI is InChI=1S/C15H28N2S/c1-5-15(6-2,17(7-3)8-4)14(16)11-13-9-10-18-12-13/h9-10,12,14H,5-8,11,16H2,1-4H3. The van der Waals surface area contributed by atoms with Crippen LogP contribution in [0.1, 0.15) is 46.1 Å². The fourth-order valence-corrected chi connectivity index (χ4v) is 3.84. The highest BCUT2D eigenvalue weighted by Crippen LogP contribution is 2.29. The van der Waals surface area contributed by atoms with Crippen LogP contribution >= 0.6 is 11.3 Å². The first-order valence-electron chi connectivity index (χ1n) is 7.16. The second-order valence-corrected chi connectivity index (χ2v) is 5.71. The van der Waals surface area contributed by atoms with Crippen molar-refractivity contribution in [1.29, 1.82) is 0 Å². The molecule has 1 aromatic rings. The first-order valence-corrected chi connectivity index (χ1v) is 8.10. The van der Waals surface area contributed by atoms with Gasteiger partial charge in [-0.15, -0.1) is 0 Å². The summed E-state index contributed by atoms with van der Waals surface area (Å²) in [6.45, 7) is 11.2. The van der Waals surface area contributed by atoms with Gasteiger partial charge in [0.2, 0.25) is 0 Å². The van der Waals surface area contributed by atoms with Gasteiger partial charge in [0.25, 0.3) is 0 Å². The molecule has 1 aromatic heterocycles. The number of thiophene rings is 1. The molecule has 0 aliphatic carbocycles. The van der Waals surface area contributed by atoms with Crippen LogP contribution in [0.2, 0.25) is 0 Å². The summed E-state index contributed by atoms with van der Waals surface area (Å²) >= 11 is 1.76. The van der Waals surface area contributed by atoms with Crippen LogP contribution in [-0.2, 0) is 6.42 Å². The zero-order valence-corrected chi connectivity index (χ0v) is 13.1. The molecule has 18 heavy (non-hydrogen) atoms. The molecule has 0 fully saturated rings. The summed E-state index contributed by atoms with van der Waals surface area (Å²) in [5.74, 6) is 0. The van der Waals surface area contributed by atoms with Gasteiger partial charge in [0, 0.05) is 11.6 Å². The summed E-state index contributed by atoms with van der Waals surface area (Å²) in [7, 11) is 0. The van der Waals surface area contributed by atoms with Crippen LogP contribution < -0.4 is 5.73 Å². The maximum absolute atomic E-state index is 6.58. The Morgan fingerprint density at radius 3 is 2.22 bits per heavy atom. The molecule has 1 rings (SSSR count). The number of hydrogen-bond acceptors (Lipinski definition) is 3. The fourth-order valence-electron chi connectivity index (χ4n) is 3.16. The third-order valence-electron chi connectivity index (χ3n) is 4.34. The van der Waals surface area contributed by atoms with E-state index in [1.165, 1.54) is 5.56 Å². The molecule has 0 aliphatic rings. The number of likely N-dealkylation sites (N-methyl/N-ethyl adjacent to an activating group) is 1. The van der Waals surface area contributed by atoms with E-state index in [-0.39, 0.29) is 11.6 Å². The summed E-state index contributed by atoms with van der Waals surface area (Å²) in [5.41, 5.74) is 8.10. The van der Waals surface area contributed by atoms with Gasteiger partial charge in [-0.25, -0.2) is 0 Å². The van der Waals surface area contributed by atoms with Gasteiger partial charge in [-0.05, 0) is 54.7 Å². The van der Waals surface area contributed by atoms with Gasteiger partial charge >= 0.3 is 0 Å². The van der Waals surface area contributed by atoms with Gasteiger partial charge in [-0.3, -0.25) is 4.90 Å². The van der Waals surface area contributed by atoms with Crippen LogP contribution in [0, 0.1) is 0 Å². The molecule has 0 aromatic carbocycles. The summed E-state index contributed by atoms with van der Waals surface area (Å²) in [6, 6.07) is 2.41. The number of nitrogens with zero attached hydrogens (tertiary/aromatic N) is 1. The average molecular weight is 268 g/mol. The summed E-state index contributed by atoms with van der Waals surface area (Å²) in [4.78, 5) is 2.55. The Labute approximate surface area is 116 Å². The van der Waals surface area contributed by atoms with Crippen LogP contribution in [-0.4, -0.2) is 29.6 Å². The van der Waals surface area contributed by atoms with Crippen molar-refractivity contribution in [3.63, 3.8) is 0 Å². The zero-order chi connectivity index (χ0) is 13.6. The van der Waals surface area contributed by atoms with E-state index in [0.717, 1.165) is 32.4 Å². The molecule has 0 bridgehead atoms. The van der Waals surface area contributed by atoms with Crippen molar-refractivity contribution in [3.8, 4) is 0 Å². The minimum absolute atomic E-state index is 0.144. The minimum atomic E-state index is 0.144. The maximum Gasteiger partial charge on any atom is 0.0358 e. The highest BCUT2D eigenvalue weighted by Gasteiger charge is 2.37. The topological polar surface area (TPSA) is 29.3 Å². The van der Waals surface area contributed by atoms with Crippen molar-refractivity contribution in [3.05, 3.63) is 22.4 Å². The zero-order valence-electron chi connectivity index (χ0n) is 12.3. The second kappa shape index (κ2) is 7.27. The number of rotatable bonds is 8. The molecule has 1 unspecified atom stereocenters. The van der Waals surface area contributed by atoms with Crippen molar-refractivity contribution in [2.75, 3.05) is 13.1 Å². The predicted molar refractivity (Wildman–Crippen MR) is 82.2 cm³/mol. The SMILES string of the molecule is CCN(CC)C(CC)(CC)C(N)Cc1ccsc1. The van der Waals surface area contributed by atoms with Crippen LogP contribution in [0.15, 0.2) is 16.8 Å². The largest absolute Gasteiger partial charge is 0.326 e. The Morgan fingerprint density at radius 2 is 1.83 bits per heavy atom. The van der Waals surface area contributed by atoms with Crippen LogP contribution in [0.25, 0.3) is 0 Å². The van der Waals surface area contributed by atoms with E-state index in [9.17, 15) is 0 Å². The highest BCUT2D eigenvalue weighted by atomic mass is 32.1. The normalized spacial score (nSPS) is 14.1. The van der Waals surface area contributed by atoms with E-state index >= 15 is 0 Å². The third kappa shape index (κ3) is 3.14. The molecule has 2 N–H and O–H groups in total. The van der Waals surface area contributed by atoms with Gasteiger partial charge in [0.05, 0.1) is 0 Å². The van der Waals surface area contributed by atoms with E-state index in [2.05, 4.69) is 49.4 Å². The quantitative estimate of drug-likeness (QED) is 0.781. The lowest BCUT2D eigenvalue weighted by Gasteiger charge is -2.46. The molecule has 1 heterocycles. The molecular formula is C15H28N2S. The summed E-state index contributed by atoms with van der Waals surface area (Å²) < 4.78 is 0. The molecule has 0 spiro atoms. The van der Waals surface area contributed by atoms with Crippen molar-refractivity contribution in [1.82, 2.24) is 4.90 Å². The molecule has 0 amide bonds. The molecule has 0 saturated carbocycles. The van der Waals surface area contributed by atoms with E-state index in [1.54, 1.807) is 11.3 Å². The molecule has 0 aliphatic heterocycles. The lowest BCUT2D eigenvalue weighted by atomic mass is 9.80. The van der Waals surface area contributed by atoms with Gasteiger partial charge in [-0.2, -0.15) is 11.3 Å². The van der Waals surface area contributed by atoms with Crippen LogP contribution in [0.4, 0.5) is 0 Å². The number of hydrogen-bond donors (Lipinski definition) is 1. The molecule has 104 valence electrons. The van der Waals surface area contributed by atoms with E-state index in [4.69, 9.17) is 5.73 Å². The molecule has 0 saturated heterocycles. The Kier molecular flexibility index (Phi) is 6.33. The summed E-state index contributed by atoms with van der Waals surface area (Å²) in [6.07, 6.45) is 3.23. The minimum Gasteiger partial charge on any atom is -0.326 e. The van der Waals surface area contributed by atoms with Crippen LogP contribution in [0.3, 0.4) is 0 Å². The fraction of sp³-hybridized carbons (Fsp3) is 0.733. The van der Waals surface area contributed by atoms with Gasteiger partial charge in [0.1, 0.15) is 0 Å². The smallest absolute Gasteiger partial charge is 0.0358 e. The van der Waals surface area contributed by atoms with E-state index < -0.39 is 0 Å². The molecule has 3 heteroatoms. The van der Waals surface area contributed by atoms with Gasteiger partial charge in [0.15, 0.2) is 0 Å². The molecule has 2 nitrogen and oxygen atoms in total. The Morgan fingerprint density at radius 1 is 1.22 bits per heavy atom. The molecular weight excluding hydrogens is 240 g/mol. The van der Waals surface area contributed by atoms with E-state index in [1.807, 2.05) is 0 Å². The first kappa shape index (κ1) is 15.7. The highest BCUT2D eigenvalue weighted by molar-refractivity contribution is 7.07. The van der Waals surface area contributed by atoms with Crippen molar-refractivity contribution < 1.29 is 0 Å². The Hall–Kier alpha value is -0.380. The first-order chi connectivity index (χ1) is 8.64. The van der Waals surface area contributed by atoms with Crippen molar-refractivity contribution in [2.24, 2.45) is 5.73 Å². The predicted octanol–water partition coefficient (Wildman–Crippen LogP) is 3.52. The maximum atomic E-state index is 6.58. The van der Waals surface area contributed by atoms with Crippen molar-refractivity contribution in [2.45, 2.75) is 58.5 Å². The van der Waals surface area contributed by atoms with Gasteiger partial charge < -0.3 is 5.73 Å². The second-order valence-electron chi connectivity index (χ2n) is 4.93. The third-order valence-corrected chi connectivity index (χ3v) is 5.08. The van der Waals surface area contributed by atoms with Gasteiger partial charge in [-0.1, -0.05) is 27.7 Å². The summed E-state index contributed by atoms with van der Waals surface area (Å²) in [5, 5.41) is 4.36. The Balaban J connectivity index is 2.88. The van der Waals surface area contributed by atoms with Crippen LogP contribution in [0.5, 0.6) is 0 Å². The van der Waals surface area contributed by atoms with E-state index in [0.29, 0.717) is 0 Å². The molecule has 1 atom stereocenters. The average Bonchev–Trinajstić information content (AvgIpc) is 2.88. The monoisotopic (exact) mass is 268 g/mol. The number of nitrogens with two attached hydrogens (primary N) is 1. The van der Waals surface area contributed by atoms with Crippen molar-refractivity contribution >= 4 is 11.3 Å².